The minimum absolute atomic E-state index is 0.157. The van der Waals surface area contributed by atoms with Gasteiger partial charge < -0.3 is 5.32 Å². The Labute approximate surface area is 166 Å². The molecule has 1 amide bonds. The van der Waals surface area contributed by atoms with E-state index in [1.807, 2.05) is 0 Å². The maximum Gasteiger partial charge on any atom is 0.417 e. The van der Waals surface area contributed by atoms with Crippen LogP contribution in [0.4, 0.5) is 18.9 Å². The van der Waals surface area contributed by atoms with E-state index in [4.69, 9.17) is 11.6 Å². The largest absolute Gasteiger partial charge is 0.417 e. The van der Waals surface area contributed by atoms with Gasteiger partial charge in [0, 0.05) is 6.04 Å². The molecule has 0 radical (unpaired) electrons. The number of rotatable bonds is 6. The molecule has 0 aliphatic carbocycles. The van der Waals surface area contributed by atoms with Crippen LogP contribution in [0.25, 0.3) is 0 Å². The van der Waals surface area contributed by atoms with Crippen molar-refractivity contribution < 1.29 is 26.4 Å². The Kier molecular flexibility index (Phi) is 6.61. The number of sulfonamides is 1. The molecular weight excluding hydrogens is 417 g/mol. The second-order valence-corrected chi connectivity index (χ2v) is 8.48. The molecule has 0 fully saturated rings. The number of nitrogens with one attached hydrogen (secondary N) is 1. The third-order valence-corrected chi connectivity index (χ3v) is 5.73. The number of amides is 1. The van der Waals surface area contributed by atoms with Gasteiger partial charge in [-0.2, -0.15) is 13.2 Å². The van der Waals surface area contributed by atoms with E-state index < -0.39 is 39.2 Å². The van der Waals surface area contributed by atoms with Crippen molar-refractivity contribution in [3.8, 4) is 0 Å². The average molecular weight is 435 g/mol. The number of halogens is 4. The van der Waals surface area contributed by atoms with Gasteiger partial charge in [0.25, 0.3) is 10.0 Å². The molecule has 2 aromatic rings. The number of alkyl halides is 3. The highest BCUT2D eigenvalue weighted by atomic mass is 35.5. The van der Waals surface area contributed by atoms with Crippen molar-refractivity contribution in [1.82, 2.24) is 5.32 Å². The minimum atomic E-state index is -4.78. The molecule has 0 spiro atoms. The molecule has 0 saturated carbocycles. The van der Waals surface area contributed by atoms with E-state index >= 15 is 0 Å². The second-order valence-electron chi connectivity index (χ2n) is 6.21. The Hall–Kier alpha value is -2.26. The molecule has 2 rings (SSSR count). The van der Waals surface area contributed by atoms with Gasteiger partial charge in [-0.15, -0.1) is 0 Å². The van der Waals surface area contributed by atoms with Crippen LogP contribution in [0.1, 0.15) is 19.4 Å². The van der Waals surface area contributed by atoms with Crippen molar-refractivity contribution in [2.45, 2.75) is 31.0 Å². The molecule has 0 aliphatic heterocycles. The van der Waals surface area contributed by atoms with E-state index in [-0.39, 0.29) is 16.6 Å². The van der Waals surface area contributed by atoms with Crippen LogP contribution in [0.2, 0.25) is 5.02 Å². The van der Waals surface area contributed by atoms with Crippen molar-refractivity contribution in [2.75, 3.05) is 10.8 Å². The Morgan fingerprint density at radius 2 is 1.75 bits per heavy atom. The van der Waals surface area contributed by atoms with Gasteiger partial charge in [-0.1, -0.05) is 29.8 Å². The third kappa shape index (κ3) is 5.17. The molecule has 5 nitrogen and oxygen atoms in total. The number of carbonyl (C=O) groups excluding carboxylic acids is 1. The molecule has 0 unspecified atom stereocenters. The highest BCUT2D eigenvalue weighted by molar-refractivity contribution is 7.92. The lowest BCUT2D eigenvalue weighted by Gasteiger charge is -2.25. The molecule has 0 heterocycles. The first-order chi connectivity index (χ1) is 12.9. The van der Waals surface area contributed by atoms with Crippen LogP contribution >= 0.6 is 11.6 Å². The van der Waals surface area contributed by atoms with Gasteiger partial charge in [0.1, 0.15) is 6.54 Å². The molecule has 28 heavy (non-hydrogen) atoms. The van der Waals surface area contributed by atoms with E-state index in [2.05, 4.69) is 5.32 Å². The lowest BCUT2D eigenvalue weighted by molar-refractivity contribution is -0.137. The highest BCUT2D eigenvalue weighted by Gasteiger charge is 2.35. The van der Waals surface area contributed by atoms with Crippen LogP contribution in [0, 0.1) is 0 Å². The summed E-state index contributed by atoms with van der Waals surface area (Å²) >= 11 is 5.62. The molecule has 2 aromatic carbocycles. The minimum Gasteiger partial charge on any atom is -0.352 e. The number of hydrogen-bond acceptors (Lipinski definition) is 3. The zero-order valence-corrected chi connectivity index (χ0v) is 16.6. The maximum absolute atomic E-state index is 13.2. The SMILES string of the molecule is CC(C)NC(=O)CN(c1ccc(Cl)c(C(F)(F)F)c1)S(=O)(=O)c1ccccc1. The summed E-state index contributed by atoms with van der Waals surface area (Å²) in [7, 11) is -4.30. The normalized spacial score (nSPS) is 12.1. The number of hydrogen-bond donors (Lipinski definition) is 1. The highest BCUT2D eigenvalue weighted by Crippen LogP contribution is 2.37. The molecule has 0 saturated heterocycles. The van der Waals surface area contributed by atoms with Gasteiger partial charge in [0.05, 0.1) is 21.2 Å². The summed E-state index contributed by atoms with van der Waals surface area (Å²) in [4.78, 5) is 12.0. The van der Waals surface area contributed by atoms with Crippen LogP contribution in [0.5, 0.6) is 0 Å². The van der Waals surface area contributed by atoms with E-state index in [0.29, 0.717) is 10.4 Å². The molecule has 0 bridgehead atoms. The smallest absolute Gasteiger partial charge is 0.352 e. The van der Waals surface area contributed by atoms with Gasteiger partial charge in [0.15, 0.2) is 0 Å². The first-order valence-electron chi connectivity index (χ1n) is 8.17. The third-order valence-electron chi connectivity index (χ3n) is 3.61. The van der Waals surface area contributed by atoms with Crippen molar-refractivity contribution in [3.63, 3.8) is 0 Å². The quantitative estimate of drug-likeness (QED) is 0.745. The fourth-order valence-corrected chi connectivity index (χ4v) is 4.08. The topological polar surface area (TPSA) is 66.5 Å². The second kappa shape index (κ2) is 8.40. The molecule has 152 valence electrons. The van der Waals surface area contributed by atoms with Crippen LogP contribution < -0.4 is 9.62 Å². The zero-order valence-electron chi connectivity index (χ0n) is 15.0. The predicted molar refractivity (Wildman–Crippen MR) is 101 cm³/mol. The Morgan fingerprint density at radius 3 is 2.29 bits per heavy atom. The van der Waals surface area contributed by atoms with E-state index in [1.165, 1.54) is 24.3 Å². The average Bonchev–Trinajstić information content (AvgIpc) is 2.59. The van der Waals surface area contributed by atoms with Crippen molar-refractivity contribution in [1.29, 1.82) is 0 Å². The predicted octanol–water partition coefficient (Wildman–Crippen LogP) is 4.08. The van der Waals surface area contributed by atoms with E-state index in [0.717, 1.165) is 12.1 Å². The standard InChI is InChI=1S/C18H18ClF3N2O3S/c1-12(2)23-17(25)11-24(28(26,27)14-6-4-3-5-7-14)13-8-9-16(19)15(10-13)18(20,21)22/h3-10,12H,11H2,1-2H3,(H,23,25). The molecular formula is C18H18ClF3N2O3S. The van der Waals surface area contributed by atoms with Crippen LogP contribution in [-0.4, -0.2) is 26.9 Å². The summed E-state index contributed by atoms with van der Waals surface area (Å²) < 4.78 is 66.3. The van der Waals surface area contributed by atoms with Gasteiger partial charge in [0.2, 0.25) is 5.91 Å². The lowest BCUT2D eigenvalue weighted by Crippen LogP contribution is -2.43. The van der Waals surface area contributed by atoms with Crippen molar-refractivity contribution in [3.05, 3.63) is 59.1 Å². The van der Waals surface area contributed by atoms with Crippen molar-refractivity contribution >= 4 is 33.2 Å². The first kappa shape index (κ1) is 22.0. The molecule has 0 aliphatic rings. The Balaban J connectivity index is 2.58. The first-order valence-corrected chi connectivity index (χ1v) is 9.98. The number of carbonyl (C=O) groups is 1. The summed E-state index contributed by atoms with van der Waals surface area (Å²) in [5, 5.41) is 1.96. The summed E-state index contributed by atoms with van der Waals surface area (Å²) in [6.45, 7) is 2.67. The van der Waals surface area contributed by atoms with Gasteiger partial charge in [-0.3, -0.25) is 9.10 Å². The number of nitrogens with zero attached hydrogens (tertiary/aromatic N) is 1. The lowest BCUT2D eigenvalue weighted by atomic mass is 10.2. The van der Waals surface area contributed by atoms with Crippen LogP contribution in [0.15, 0.2) is 53.4 Å². The van der Waals surface area contributed by atoms with E-state index in [1.54, 1.807) is 19.9 Å². The zero-order chi connectivity index (χ0) is 21.1. The summed E-state index contributed by atoms with van der Waals surface area (Å²) in [6.07, 6.45) is -4.78. The summed E-state index contributed by atoms with van der Waals surface area (Å²) in [5.41, 5.74) is -1.51. The monoisotopic (exact) mass is 434 g/mol. The molecule has 0 aromatic heterocycles. The molecule has 1 N–H and O–H groups in total. The van der Waals surface area contributed by atoms with Gasteiger partial charge >= 0.3 is 6.18 Å². The fraction of sp³-hybridized carbons (Fsp3) is 0.278. The van der Waals surface area contributed by atoms with E-state index in [9.17, 15) is 26.4 Å². The maximum atomic E-state index is 13.2. The summed E-state index contributed by atoms with van der Waals surface area (Å²) in [6, 6.07) is 9.56. The Morgan fingerprint density at radius 1 is 1.14 bits per heavy atom. The van der Waals surface area contributed by atoms with Gasteiger partial charge in [-0.05, 0) is 44.2 Å². The Bertz CT molecular complexity index is 948. The van der Waals surface area contributed by atoms with Gasteiger partial charge in [-0.25, -0.2) is 8.42 Å². The van der Waals surface area contributed by atoms with Crippen LogP contribution in [0.3, 0.4) is 0 Å². The fourth-order valence-electron chi connectivity index (χ4n) is 2.42. The summed E-state index contributed by atoms with van der Waals surface area (Å²) in [5.74, 6) is -0.655. The van der Waals surface area contributed by atoms with Crippen LogP contribution in [-0.2, 0) is 21.0 Å². The number of benzene rings is 2. The number of anilines is 1. The van der Waals surface area contributed by atoms with Crippen molar-refractivity contribution in [2.24, 2.45) is 0 Å². The molecule has 0 atom stereocenters. The molecule has 10 heteroatoms.